The molecule has 1 aromatic carbocycles. The highest BCUT2D eigenvalue weighted by molar-refractivity contribution is 7.11. The molecule has 2 aromatic rings. The summed E-state index contributed by atoms with van der Waals surface area (Å²) in [5.74, 6) is -0.123. The highest BCUT2D eigenvalue weighted by Crippen LogP contribution is 2.19. The quantitative estimate of drug-likeness (QED) is 0.879. The molecule has 1 N–H and O–H groups in total. The van der Waals surface area contributed by atoms with E-state index in [-0.39, 0.29) is 11.9 Å². The first-order valence-electron chi connectivity index (χ1n) is 6.99. The lowest BCUT2D eigenvalue weighted by molar-refractivity contribution is 0.505. The number of aryl methyl sites for hydroxylation is 2. The van der Waals surface area contributed by atoms with Crippen LogP contribution < -0.4 is 5.32 Å². The second-order valence-electron chi connectivity index (χ2n) is 5.00. The topological polar surface area (TPSA) is 24.9 Å². The fourth-order valence-corrected chi connectivity index (χ4v) is 3.29. The van der Waals surface area contributed by atoms with Gasteiger partial charge in [0.05, 0.1) is 10.7 Å². The number of hydrogen-bond acceptors (Lipinski definition) is 3. The first kappa shape index (κ1) is 15.1. The minimum atomic E-state index is -0.123. The van der Waals surface area contributed by atoms with E-state index in [1.165, 1.54) is 10.9 Å². The average molecular weight is 292 g/mol. The molecule has 0 aliphatic carbocycles. The minimum absolute atomic E-state index is 0.123. The molecule has 1 unspecified atom stereocenters. The monoisotopic (exact) mass is 292 g/mol. The first-order chi connectivity index (χ1) is 9.60. The van der Waals surface area contributed by atoms with Gasteiger partial charge in [0.2, 0.25) is 0 Å². The maximum absolute atomic E-state index is 13.8. The summed E-state index contributed by atoms with van der Waals surface area (Å²) in [5.41, 5.74) is 1.87. The highest BCUT2D eigenvalue weighted by atomic mass is 32.1. The number of hydrogen-bond donors (Lipinski definition) is 1. The van der Waals surface area contributed by atoms with Crippen LogP contribution in [-0.2, 0) is 12.8 Å². The number of nitrogens with one attached hydrogen (secondary N) is 1. The molecule has 2 rings (SSSR count). The third kappa shape index (κ3) is 3.87. The Kier molecular flexibility index (Phi) is 5.26. The van der Waals surface area contributed by atoms with Crippen LogP contribution in [0.4, 0.5) is 4.39 Å². The lowest BCUT2D eigenvalue weighted by Crippen LogP contribution is -2.33. The Morgan fingerprint density at radius 3 is 2.60 bits per heavy atom. The van der Waals surface area contributed by atoms with Crippen molar-refractivity contribution >= 4 is 11.3 Å². The standard InChI is InChI=1S/C16H21FN2S/c1-4-18-14(9-13-7-5-6-8-15(13)17)10-16-19-11(2)12(3)20-16/h5-8,14,18H,4,9-10H2,1-3H3. The van der Waals surface area contributed by atoms with E-state index in [4.69, 9.17) is 0 Å². The molecule has 20 heavy (non-hydrogen) atoms. The molecule has 108 valence electrons. The molecule has 2 nitrogen and oxygen atoms in total. The Balaban J connectivity index is 2.09. The number of thiazole rings is 1. The van der Waals surface area contributed by atoms with Gasteiger partial charge in [-0.15, -0.1) is 11.3 Å². The third-order valence-electron chi connectivity index (χ3n) is 3.41. The van der Waals surface area contributed by atoms with E-state index in [1.54, 1.807) is 17.4 Å². The fourth-order valence-electron chi connectivity index (χ4n) is 2.27. The third-order valence-corrected chi connectivity index (χ3v) is 4.51. The zero-order valence-corrected chi connectivity index (χ0v) is 13.1. The molecule has 0 radical (unpaired) electrons. The number of aromatic nitrogens is 1. The Bertz CT molecular complexity index is 546. The van der Waals surface area contributed by atoms with Crippen LogP contribution in [0.1, 0.15) is 28.1 Å². The van der Waals surface area contributed by atoms with Crippen LogP contribution in [0.15, 0.2) is 24.3 Å². The molecular weight excluding hydrogens is 271 g/mol. The summed E-state index contributed by atoms with van der Waals surface area (Å²) in [6.07, 6.45) is 1.54. The van der Waals surface area contributed by atoms with Gasteiger partial charge < -0.3 is 5.32 Å². The van der Waals surface area contributed by atoms with Gasteiger partial charge >= 0.3 is 0 Å². The van der Waals surface area contributed by atoms with Crippen molar-refractivity contribution in [3.8, 4) is 0 Å². The van der Waals surface area contributed by atoms with Crippen molar-refractivity contribution in [2.45, 2.75) is 39.7 Å². The second kappa shape index (κ2) is 6.95. The molecular formula is C16H21FN2S. The van der Waals surface area contributed by atoms with Gasteiger partial charge in [0.1, 0.15) is 5.82 Å². The number of rotatable bonds is 6. The molecule has 0 saturated carbocycles. The molecule has 1 aromatic heterocycles. The van der Waals surface area contributed by atoms with Gasteiger partial charge in [0.25, 0.3) is 0 Å². The average Bonchev–Trinajstić information content (AvgIpc) is 2.71. The molecule has 1 atom stereocenters. The Morgan fingerprint density at radius 2 is 2.00 bits per heavy atom. The van der Waals surface area contributed by atoms with E-state index < -0.39 is 0 Å². The number of nitrogens with zero attached hydrogens (tertiary/aromatic N) is 1. The van der Waals surface area contributed by atoms with E-state index in [0.29, 0.717) is 6.42 Å². The van der Waals surface area contributed by atoms with Crippen LogP contribution in [0.5, 0.6) is 0 Å². The van der Waals surface area contributed by atoms with Crippen LogP contribution in [0.2, 0.25) is 0 Å². The van der Waals surface area contributed by atoms with E-state index in [9.17, 15) is 4.39 Å². The SMILES string of the molecule is CCNC(Cc1nc(C)c(C)s1)Cc1ccccc1F. The van der Waals surface area contributed by atoms with Gasteiger partial charge in [-0.25, -0.2) is 9.37 Å². The zero-order valence-electron chi connectivity index (χ0n) is 12.2. The van der Waals surface area contributed by atoms with Crippen molar-refractivity contribution in [2.24, 2.45) is 0 Å². The van der Waals surface area contributed by atoms with Gasteiger partial charge in [-0.05, 0) is 38.4 Å². The molecule has 0 aliphatic rings. The Labute approximate surface area is 124 Å². The zero-order chi connectivity index (χ0) is 14.5. The van der Waals surface area contributed by atoms with Gasteiger partial charge in [-0.1, -0.05) is 25.1 Å². The van der Waals surface area contributed by atoms with Crippen molar-refractivity contribution in [1.29, 1.82) is 0 Å². The number of benzene rings is 1. The molecule has 0 spiro atoms. The maximum Gasteiger partial charge on any atom is 0.126 e. The lowest BCUT2D eigenvalue weighted by Gasteiger charge is -2.17. The lowest BCUT2D eigenvalue weighted by atomic mass is 10.0. The summed E-state index contributed by atoms with van der Waals surface area (Å²) in [4.78, 5) is 5.85. The van der Waals surface area contributed by atoms with Crippen molar-refractivity contribution in [3.05, 3.63) is 51.2 Å². The maximum atomic E-state index is 13.8. The summed E-state index contributed by atoms with van der Waals surface area (Å²) < 4.78 is 13.8. The molecule has 4 heteroatoms. The van der Waals surface area contributed by atoms with Crippen molar-refractivity contribution < 1.29 is 4.39 Å². The molecule has 1 heterocycles. The molecule has 0 saturated heterocycles. The van der Waals surface area contributed by atoms with Gasteiger partial charge in [-0.2, -0.15) is 0 Å². The molecule has 0 aliphatic heterocycles. The summed E-state index contributed by atoms with van der Waals surface area (Å²) in [6.45, 7) is 7.08. The van der Waals surface area contributed by atoms with Crippen LogP contribution in [-0.4, -0.2) is 17.6 Å². The molecule has 0 fully saturated rings. The smallest absolute Gasteiger partial charge is 0.126 e. The van der Waals surface area contributed by atoms with Gasteiger partial charge in [0, 0.05) is 17.3 Å². The summed E-state index contributed by atoms with van der Waals surface area (Å²) in [6, 6.07) is 7.23. The summed E-state index contributed by atoms with van der Waals surface area (Å²) in [5, 5.41) is 4.56. The Hall–Kier alpha value is -1.26. The van der Waals surface area contributed by atoms with Gasteiger partial charge in [-0.3, -0.25) is 0 Å². The molecule has 0 amide bonds. The van der Waals surface area contributed by atoms with Crippen molar-refractivity contribution in [1.82, 2.24) is 10.3 Å². The normalized spacial score (nSPS) is 12.6. The Morgan fingerprint density at radius 1 is 1.25 bits per heavy atom. The van der Waals surface area contributed by atoms with Crippen LogP contribution >= 0.6 is 11.3 Å². The van der Waals surface area contributed by atoms with E-state index in [1.807, 2.05) is 19.1 Å². The van der Waals surface area contributed by atoms with Crippen LogP contribution in [0, 0.1) is 19.7 Å². The predicted molar refractivity (Wildman–Crippen MR) is 82.9 cm³/mol. The van der Waals surface area contributed by atoms with Crippen LogP contribution in [0.3, 0.4) is 0 Å². The van der Waals surface area contributed by atoms with E-state index in [2.05, 4.69) is 24.1 Å². The van der Waals surface area contributed by atoms with Crippen molar-refractivity contribution in [3.63, 3.8) is 0 Å². The van der Waals surface area contributed by atoms with Crippen LogP contribution in [0.25, 0.3) is 0 Å². The summed E-state index contributed by atoms with van der Waals surface area (Å²) in [7, 11) is 0. The fraction of sp³-hybridized carbons (Fsp3) is 0.438. The van der Waals surface area contributed by atoms with Crippen molar-refractivity contribution in [2.75, 3.05) is 6.54 Å². The second-order valence-corrected chi connectivity index (χ2v) is 6.29. The summed E-state index contributed by atoms with van der Waals surface area (Å²) >= 11 is 1.74. The van der Waals surface area contributed by atoms with E-state index >= 15 is 0 Å². The highest BCUT2D eigenvalue weighted by Gasteiger charge is 2.14. The largest absolute Gasteiger partial charge is 0.314 e. The first-order valence-corrected chi connectivity index (χ1v) is 7.81. The predicted octanol–water partition coefficient (Wildman–Crippen LogP) is 3.66. The number of likely N-dealkylation sites (N-methyl/N-ethyl adjacent to an activating group) is 1. The number of halogens is 1. The van der Waals surface area contributed by atoms with Gasteiger partial charge in [0.15, 0.2) is 0 Å². The van der Waals surface area contributed by atoms with E-state index in [0.717, 1.165) is 29.2 Å². The molecule has 0 bridgehead atoms. The minimum Gasteiger partial charge on any atom is -0.314 e.